The quantitative estimate of drug-likeness (QED) is 0.266. The lowest BCUT2D eigenvalue weighted by Gasteiger charge is -2.28. The van der Waals surface area contributed by atoms with Crippen LogP contribution in [0.5, 0.6) is 0 Å². The van der Waals surface area contributed by atoms with Crippen molar-refractivity contribution in [3.63, 3.8) is 0 Å². The Bertz CT molecular complexity index is 1150. The van der Waals surface area contributed by atoms with E-state index in [1.54, 1.807) is 6.07 Å². The first-order chi connectivity index (χ1) is 16.1. The molecule has 0 amide bonds. The van der Waals surface area contributed by atoms with Crippen LogP contribution < -0.4 is 0 Å². The second-order valence-electron chi connectivity index (χ2n) is 9.67. The van der Waals surface area contributed by atoms with E-state index in [4.69, 9.17) is 0 Å². The molecule has 1 aliphatic carbocycles. The molecule has 0 radical (unpaired) electrons. The predicted octanol–water partition coefficient (Wildman–Crippen LogP) is 8.78. The van der Waals surface area contributed by atoms with Gasteiger partial charge in [-0.1, -0.05) is 91.6 Å². The average Bonchev–Trinajstić information content (AvgIpc) is 2.84. The maximum Gasteiger partial charge on any atom is 0.146 e. The zero-order chi connectivity index (χ0) is 23.0. The first-order valence-corrected chi connectivity index (χ1v) is 12.5. The van der Waals surface area contributed by atoms with E-state index < -0.39 is 0 Å². The lowest BCUT2D eigenvalue weighted by Crippen LogP contribution is -2.15. The normalized spacial score (nSPS) is 18.4. The van der Waals surface area contributed by atoms with E-state index in [2.05, 4.69) is 55.2 Å². The second-order valence-corrected chi connectivity index (χ2v) is 9.67. The average molecular weight is 439 g/mol. The molecule has 1 fully saturated rings. The van der Waals surface area contributed by atoms with Gasteiger partial charge < -0.3 is 0 Å². The van der Waals surface area contributed by atoms with E-state index in [-0.39, 0.29) is 5.82 Å². The predicted molar refractivity (Wildman–Crippen MR) is 139 cm³/mol. The van der Waals surface area contributed by atoms with E-state index in [0.717, 1.165) is 34.8 Å². The summed E-state index contributed by atoms with van der Waals surface area (Å²) in [5, 5.41) is 1.55. The highest BCUT2D eigenvalue weighted by atomic mass is 19.1. The third-order valence-electron chi connectivity index (χ3n) is 7.19. The Labute approximate surface area is 198 Å². The Morgan fingerprint density at radius 2 is 1.61 bits per heavy atom. The van der Waals surface area contributed by atoms with Gasteiger partial charge in [-0.25, -0.2) is 4.39 Å². The fraction of sp³-hybridized carbons (Fsp3) is 0.375. The van der Waals surface area contributed by atoms with E-state index in [0.29, 0.717) is 10.9 Å². The summed E-state index contributed by atoms with van der Waals surface area (Å²) in [6, 6.07) is 18.0. The molecule has 0 heterocycles. The van der Waals surface area contributed by atoms with Crippen LogP contribution in [0.3, 0.4) is 0 Å². The molecule has 0 spiro atoms. The Morgan fingerprint density at radius 3 is 2.33 bits per heavy atom. The molecule has 0 atom stereocenters. The third kappa shape index (κ3) is 6.35. The molecule has 33 heavy (non-hydrogen) atoms. The van der Waals surface area contributed by atoms with Crippen LogP contribution in [0.2, 0.25) is 0 Å². The van der Waals surface area contributed by atoms with Crippen molar-refractivity contribution in [3.8, 4) is 11.8 Å². The van der Waals surface area contributed by atoms with Crippen LogP contribution in [-0.2, 0) is 6.42 Å². The molecule has 3 aromatic rings. The molecule has 1 aliphatic rings. The Balaban J connectivity index is 1.30. The minimum absolute atomic E-state index is 0.229. The summed E-state index contributed by atoms with van der Waals surface area (Å²) in [7, 11) is 0. The van der Waals surface area contributed by atoms with Crippen molar-refractivity contribution in [3.05, 3.63) is 94.8 Å². The van der Waals surface area contributed by atoms with Gasteiger partial charge in [0.2, 0.25) is 0 Å². The van der Waals surface area contributed by atoms with Crippen molar-refractivity contribution in [1.29, 1.82) is 0 Å². The Morgan fingerprint density at radius 1 is 0.879 bits per heavy atom. The van der Waals surface area contributed by atoms with Crippen molar-refractivity contribution < 1.29 is 4.39 Å². The molecule has 0 aliphatic heterocycles. The van der Waals surface area contributed by atoms with E-state index in [1.165, 1.54) is 50.5 Å². The van der Waals surface area contributed by atoms with Gasteiger partial charge in [0.15, 0.2) is 0 Å². The maximum atomic E-state index is 14.8. The number of halogens is 1. The van der Waals surface area contributed by atoms with Gasteiger partial charge in [0.05, 0.1) is 5.56 Å². The molecule has 0 aromatic heterocycles. The maximum absolute atomic E-state index is 14.8. The minimum Gasteiger partial charge on any atom is -0.205 e. The Kier molecular flexibility index (Phi) is 8.01. The first-order valence-electron chi connectivity index (χ1n) is 12.5. The minimum atomic E-state index is -0.229. The molecule has 0 bridgehead atoms. The number of hydrogen-bond donors (Lipinski definition) is 0. The lowest BCUT2D eigenvalue weighted by molar-refractivity contribution is 0.254. The van der Waals surface area contributed by atoms with Crippen molar-refractivity contribution in [2.24, 2.45) is 11.8 Å². The molecular weight excluding hydrogens is 403 g/mol. The van der Waals surface area contributed by atoms with Crippen LogP contribution in [0.4, 0.5) is 4.39 Å². The van der Waals surface area contributed by atoms with Gasteiger partial charge in [0, 0.05) is 10.9 Å². The summed E-state index contributed by atoms with van der Waals surface area (Å²) in [5.74, 6) is 7.76. The SMILES string of the molecule is C/C=C/CCC1CCC(CCc2ccc(C#Cc3ccc4cc(C)ccc4c3F)cc2)CC1. The molecule has 170 valence electrons. The number of fused-ring (bicyclic) bond motifs is 1. The number of hydrogen-bond acceptors (Lipinski definition) is 0. The van der Waals surface area contributed by atoms with Gasteiger partial charge >= 0.3 is 0 Å². The van der Waals surface area contributed by atoms with Gasteiger partial charge in [-0.3, -0.25) is 0 Å². The van der Waals surface area contributed by atoms with Crippen LogP contribution in [0.1, 0.15) is 74.1 Å². The summed E-state index contributed by atoms with van der Waals surface area (Å²) in [4.78, 5) is 0. The van der Waals surface area contributed by atoms with E-state index in [9.17, 15) is 4.39 Å². The first kappa shape index (κ1) is 23.3. The molecule has 0 N–H and O–H groups in total. The van der Waals surface area contributed by atoms with Crippen LogP contribution in [0.15, 0.2) is 66.7 Å². The van der Waals surface area contributed by atoms with Crippen molar-refractivity contribution in [1.82, 2.24) is 0 Å². The summed E-state index contributed by atoms with van der Waals surface area (Å²) in [6.07, 6.45) is 15.1. The van der Waals surface area contributed by atoms with Gasteiger partial charge in [-0.15, -0.1) is 0 Å². The number of allylic oxidation sites excluding steroid dienone is 2. The zero-order valence-electron chi connectivity index (χ0n) is 20.0. The van der Waals surface area contributed by atoms with Crippen LogP contribution in [-0.4, -0.2) is 0 Å². The van der Waals surface area contributed by atoms with Gasteiger partial charge in [-0.05, 0) is 80.5 Å². The second kappa shape index (κ2) is 11.3. The van der Waals surface area contributed by atoms with Gasteiger partial charge in [0.1, 0.15) is 5.82 Å². The lowest BCUT2D eigenvalue weighted by atomic mass is 9.78. The zero-order valence-corrected chi connectivity index (χ0v) is 20.0. The number of benzene rings is 3. The third-order valence-corrected chi connectivity index (χ3v) is 7.19. The summed E-state index contributed by atoms with van der Waals surface area (Å²) >= 11 is 0. The highest BCUT2D eigenvalue weighted by Crippen LogP contribution is 2.34. The van der Waals surface area contributed by atoms with Crippen LogP contribution in [0, 0.1) is 36.4 Å². The van der Waals surface area contributed by atoms with Crippen molar-refractivity contribution in [2.75, 3.05) is 0 Å². The Hall–Kier alpha value is -2.85. The molecule has 0 unspecified atom stereocenters. The highest BCUT2D eigenvalue weighted by molar-refractivity contribution is 5.85. The molecule has 0 nitrogen and oxygen atoms in total. The van der Waals surface area contributed by atoms with Crippen molar-refractivity contribution >= 4 is 10.8 Å². The fourth-order valence-corrected chi connectivity index (χ4v) is 5.08. The van der Waals surface area contributed by atoms with E-state index >= 15 is 0 Å². The smallest absolute Gasteiger partial charge is 0.146 e. The molecule has 4 rings (SSSR count). The van der Waals surface area contributed by atoms with Crippen molar-refractivity contribution in [2.45, 2.75) is 65.2 Å². The number of aryl methyl sites for hydroxylation is 2. The van der Waals surface area contributed by atoms with Gasteiger partial charge in [0.25, 0.3) is 0 Å². The topological polar surface area (TPSA) is 0 Å². The molecule has 1 heteroatoms. The van der Waals surface area contributed by atoms with Crippen LogP contribution >= 0.6 is 0 Å². The molecule has 0 saturated heterocycles. The van der Waals surface area contributed by atoms with Gasteiger partial charge in [-0.2, -0.15) is 0 Å². The summed E-state index contributed by atoms with van der Waals surface area (Å²) < 4.78 is 14.8. The number of rotatable bonds is 6. The molecule has 1 saturated carbocycles. The van der Waals surface area contributed by atoms with Crippen LogP contribution in [0.25, 0.3) is 10.8 Å². The fourth-order valence-electron chi connectivity index (χ4n) is 5.08. The largest absolute Gasteiger partial charge is 0.205 e. The summed E-state index contributed by atoms with van der Waals surface area (Å²) in [6.45, 7) is 4.13. The molecule has 3 aromatic carbocycles. The molecular formula is C32H35F. The van der Waals surface area contributed by atoms with E-state index in [1.807, 2.05) is 31.2 Å². The monoisotopic (exact) mass is 438 g/mol. The summed E-state index contributed by atoms with van der Waals surface area (Å²) in [5.41, 5.74) is 3.90. The highest BCUT2D eigenvalue weighted by Gasteiger charge is 2.20. The standard InChI is InChI=1S/C32H35F/c1-3-4-5-6-25-8-10-26(11-9-25)12-13-27-14-16-28(17-15-27)18-19-29-20-21-30-23-24(2)7-22-31(30)32(29)33/h3-4,7,14-17,20-23,25-26H,5-6,8-13H2,1-2H3/b4-3+.